The molecule has 2 rings (SSSR count). The molecule has 0 saturated carbocycles. The highest BCUT2D eigenvalue weighted by Crippen LogP contribution is 2.18. The van der Waals surface area contributed by atoms with Gasteiger partial charge in [-0.15, -0.1) is 0 Å². The van der Waals surface area contributed by atoms with Crippen LogP contribution in [0.25, 0.3) is 0 Å². The van der Waals surface area contributed by atoms with Crippen molar-refractivity contribution in [3.63, 3.8) is 0 Å². The first-order chi connectivity index (χ1) is 8.16. The normalized spacial score (nSPS) is 19.2. The van der Waals surface area contributed by atoms with Crippen LogP contribution in [0.5, 0.6) is 0 Å². The van der Waals surface area contributed by atoms with Crippen LogP contribution in [-0.2, 0) is 0 Å². The third kappa shape index (κ3) is 3.30. The second-order valence-electron chi connectivity index (χ2n) is 5.24. The van der Waals surface area contributed by atoms with Gasteiger partial charge in [0.15, 0.2) is 0 Å². The van der Waals surface area contributed by atoms with Crippen molar-refractivity contribution in [3.05, 3.63) is 34.9 Å². The lowest BCUT2D eigenvalue weighted by atomic mass is 10.0. The molecule has 0 radical (unpaired) electrons. The van der Waals surface area contributed by atoms with Crippen molar-refractivity contribution in [2.24, 2.45) is 0 Å². The Bertz CT molecular complexity index is 367. The summed E-state index contributed by atoms with van der Waals surface area (Å²) in [6.07, 6.45) is 4.04. The highest BCUT2D eigenvalue weighted by atomic mass is 15.5. The molecule has 2 heteroatoms. The molecule has 1 heterocycles. The molecule has 0 bridgehead atoms. The monoisotopic (exact) mass is 232 g/mol. The molecular weight excluding hydrogens is 208 g/mol. The summed E-state index contributed by atoms with van der Waals surface area (Å²) in [5.41, 5.74) is 7.76. The minimum Gasteiger partial charge on any atom is -0.248 e. The molecule has 1 aliphatic rings. The lowest BCUT2D eigenvalue weighted by molar-refractivity contribution is 0.133. The van der Waals surface area contributed by atoms with Crippen LogP contribution in [0.3, 0.4) is 0 Å². The van der Waals surface area contributed by atoms with E-state index < -0.39 is 0 Å². The quantitative estimate of drug-likeness (QED) is 0.859. The largest absolute Gasteiger partial charge is 0.248 e. The number of hydrazine groups is 1. The average Bonchev–Trinajstić information content (AvgIpc) is 2.34. The molecule has 1 N–H and O–H groups in total. The number of benzene rings is 1. The number of hydrogen-bond donors (Lipinski definition) is 1. The summed E-state index contributed by atoms with van der Waals surface area (Å²) in [6.45, 7) is 8.98. The molecule has 1 saturated heterocycles. The first-order valence-corrected chi connectivity index (χ1v) is 6.75. The van der Waals surface area contributed by atoms with E-state index in [-0.39, 0.29) is 0 Å². The highest BCUT2D eigenvalue weighted by Gasteiger charge is 2.13. The van der Waals surface area contributed by atoms with E-state index in [1.165, 1.54) is 49.0 Å². The predicted octanol–water partition coefficient (Wildman–Crippen LogP) is 3.35. The summed E-state index contributed by atoms with van der Waals surface area (Å²) in [4.78, 5) is 0. The smallest absolute Gasteiger partial charge is 0.0436 e. The van der Waals surface area contributed by atoms with Gasteiger partial charge in [-0.05, 0) is 50.3 Å². The molecule has 0 aliphatic carbocycles. The molecule has 17 heavy (non-hydrogen) atoms. The molecular formula is C15H24N2. The van der Waals surface area contributed by atoms with Crippen molar-refractivity contribution < 1.29 is 0 Å². The lowest BCUT2D eigenvalue weighted by Gasteiger charge is -2.30. The number of piperidine rings is 1. The van der Waals surface area contributed by atoms with Gasteiger partial charge in [0.05, 0.1) is 0 Å². The van der Waals surface area contributed by atoms with Crippen molar-refractivity contribution in [1.82, 2.24) is 10.4 Å². The maximum absolute atomic E-state index is 3.62. The van der Waals surface area contributed by atoms with Gasteiger partial charge < -0.3 is 0 Å². The van der Waals surface area contributed by atoms with Crippen molar-refractivity contribution in [2.75, 3.05) is 13.1 Å². The zero-order chi connectivity index (χ0) is 12.3. The summed E-state index contributed by atoms with van der Waals surface area (Å²) >= 11 is 0. The molecule has 1 fully saturated rings. The van der Waals surface area contributed by atoms with Crippen molar-refractivity contribution in [2.45, 2.75) is 46.1 Å². The Hall–Kier alpha value is -0.860. The van der Waals surface area contributed by atoms with Crippen LogP contribution in [0.15, 0.2) is 18.2 Å². The van der Waals surface area contributed by atoms with E-state index in [9.17, 15) is 0 Å². The fourth-order valence-electron chi connectivity index (χ4n) is 2.41. The standard InChI is InChI=1S/C15H24N2/c1-12-7-8-15(11-13(12)2)14(3)16-17-9-5-4-6-10-17/h7-8,11,14,16H,4-6,9-10H2,1-3H3. The Balaban J connectivity index is 1.98. The number of nitrogens with zero attached hydrogens (tertiary/aromatic N) is 1. The van der Waals surface area contributed by atoms with Crippen LogP contribution < -0.4 is 5.43 Å². The summed E-state index contributed by atoms with van der Waals surface area (Å²) < 4.78 is 0. The summed E-state index contributed by atoms with van der Waals surface area (Å²) in [6, 6.07) is 7.17. The SMILES string of the molecule is Cc1ccc(C(C)NN2CCCCC2)cc1C. The van der Waals surface area contributed by atoms with Crippen molar-refractivity contribution >= 4 is 0 Å². The molecule has 1 unspecified atom stereocenters. The van der Waals surface area contributed by atoms with Gasteiger partial charge in [0.25, 0.3) is 0 Å². The van der Waals surface area contributed by atoms with E-state index in [0.29, 0.717) is 6.04 Å². The molecule has 1 aromatic carbocycles. The summed E-state index contributed by atoms with van der Waals surface area (Å²) in [5, 5.41) is 2.38. The Morgan fingerprint density at radius 1 is 1.06 bits per heavy atom. The maximum Gasteiger partial charge on any atom is 0.0436 e. The molecule has 1 aliphatic heterocycles. The second-order valence-corrected chi connectivity index (χ2v) is 5.24. The van der Waals surface area contributed by atoms with Gasteiger partial charge in [-0.2, -0.15) is 0 Å². The van der Waals surface area contributed by atoms with Gasteiger partial charge in [0.2, 0.25) is 0 Å². The minimum atomic E-state index is 0.410. The van der Waals surface area contributed by atoms with Gasteiger partial charge in [-0.25, -0.2) is 10.4 Å². The molecule has 1 atom stereocenters. The van der Waals surface area contributed by atoms with Crippen LogP contribution in [-0.4, -0.2) is 18.1 Å². The summed E-state index contributed by atoms with van der Waals surface area (Å²) in [5.74, 6) is 0. The highest BCUT2D eigenvalue weighted by molar-refractivity contribution is 5.31. The fraction of sp³-hybridized carbons (Fsp3) is 0.600. The molecule has 0 spiro atoms. The van der Waals surface area contributed by atoms with Crippen LogP contribution >= 0.6 is 0 Å². The van der Waals surface area contributed by atoms with E-state index in [2.05, 4.69) is 49.4 Å². The van der Waals surface area contributed by atoms with Crippen LogP contribution in [0, 0.1) is 13.8 Å². The first-order valence-electron chi connectivity index (χ1n) is 6.75. The van der Waals surface area contributed by atoms with Crippen molar-refractivity contribution in [1.29, 1.82) is 0 Å². The van der Waals surface area contributed by atoms with Gasteiger partial charge >= 0.3 is 0 Å². The molecule has 1 aromatic rings. The molecule has 2 nitrogen and oxygen atoms in total. The van der Waals surface area contributed by atoms with E-state index in [0.717, 1.165) is 0 Å². The van der Waals surface area contributed by atoms with Gasteiger partial charge in [-0.3, -0.25) is 0 Å². The fourth-order valence-corrected chi connectivity index (χ4v) is 2.41. The average molecular weight is 232 g/mol. The van der Waals surface area contributed by atoms with E-state index in [1.807, 2.05) is 0 Å². The molecule has 0 amide bonds. The number of aryl methyl sites for hydroxylation is 2. The lowest BCUT2D eigenvalue weighted by Crippen LogP contribution is -2.42. The maximum atomic E-state index is 3.62. The zero-order valence-corrected chi connectivity index (χ0v) is 11.3. The van der Waals surface area contributed by atoms with Crippen LogP contribution in [0.4, 0.5) is 0 Å². The van der Waals surface area contributed by atoms with Gasteiger partial charge in [-0.1, -0.05) is 24.6 Å². The Morgan fingerprint density at radius 2 is 1.76 bits per heavy atom. The Labute approximate surface area is 105 Å². The minimum absolute atomic E-state index is 0.410. The van der Waals surface area contributed by atoms with E-state index in [4.69, 9.17) is 0 Å². The van der Waals surface area contributed by atoms with Crippen LogP contribution in [0.2, 0.25) is 0 Å². The Kier molecular flexibility index (Phi) is 4.19. The zero-order valence-electron chi connectivity index (χ0n) is 11.3. The topological polar surface area (TPSA) is 15.3 Å². The van der Waals surface area contributed by atoms with E-state index in [1.54, 1.807) is 0 Å². The first kappa shape index (κ1) is 12.6. The van der Waals surface area contributed by atoms with E-state index >= 15 is 0 Å². The van der Waals surface area contributed by atoms with Gasteiger partial charge in [0.1, 0.15) is 0 Å². The Morgan fingerprint density at radius 3 is 2.41 bits per heavy atom. The van der Waals surface area contributed by atoms with Gasteiger partial charge in [0, 0.05) is 19.1 Å². The number of nitrogens with one attached hydrogen (secondary N) is 1. The third-order valence-corrected chi connectivity index (χ3v) is 3.76. The van der Waals surface area contributed by atoms with Crippen molar-refractivity contribution in [3.8, 4) is 0 Å². The molecule has 94 valence electrons. The third-order valence-electron chi connectivity index (χ3n) is 3.76. The second kappa shape index (κ2) is 5.65. The predicted molar refractivity (Wildman–Crippen MR) is 72.9 cm³/mol. The number of hydrogen-bond acceptors (Lipinski definition) is 2. The summed E-state index contributed by atoms with van der Waals surface area (Å²) in [7, 11) is 0. The molecule has 0 aromatic heterocycles. The number of rotatable bonds is 3. The van der Waals surface area contributed by atoms with Crippen LogP contribution in [0.1, 0.15) is 48.9 Å².